The van der Waals surface area contributed by atoms with Gasteiger partial charge in [0.15, 0.2) is 0 Å². The number of hydrogen-bond acceptors (Lipinski definition) is 3. The maximum atomic E-state index is 12.9. The summed E-state index contributed by atoms with van der Waals surface area (Å²) in [6.45, 7) is 4.95. The Hall–Kier alpha value is -1.69. The first kappa shape index (κ1) is 17.1. The number of nitrogens with zero attached hydrogens (tertiary/aromatic N) is 2. The van der Waals surface area contributed by atoms with Crippen LogP contribution in [0.3, 0.4) is 0 Å². The number of thioether (sulfide) groups is 1. The minimum atomic E-state index is -0.0827. The largest absolute Gasteiger partial charge is 0.338 e. The Labute approximate surface area is 147 Å². The monoisotopic (exact) mass is 347 g/mol. The Balaban J connectivity index is 1.79. The van der Waals surface area contributed by atoms with Crippen molar-refractivity contribution in [2.45, 2.75) is 19.8 Å². The van der Waals surface area contributed by atoms with Crippen LogP contribution in [0.2, 0.25) is 0 Å². The Morgan fingerprint density at radius 2 is 2.21 bits per heavy atom. The van der Waals surface area contributed by atoms with E-state index in [0.29, 0.717) is 24.6 Å². The van der Waals surface area contributed by atoms with Crippen molar-refractivity contribution in [1.29, 1.82) is 0 Å². The fourth-order valence-electron chi connectivity index (χ4n) is 3.54. The van der Waals surface area contributed by atoms with E-state index in [1.165, 1.54) is 6.42 Å². The second kappa shape index (κ2) is 7.47. The van der Waals surface area contributed by atoms with Gasteiger partial charge in [0.1, 0.15) is 0 Å². The average Bonchev–Trinajstić information content (AvgIpc) is 3.01. The Kier molecular flexibility index (Phi) is 5.33. The molecule has 1 atom stereocenters. The predicted molar refractivity (Wildman–Crippen MR) is 98.9 cm³/mol. The normalized spacial score (nSPS) is 21.1. The van der Waals surface area contributed by atoms with Crippen LogP contribution in [-0.2, 0) is 0 Å². The third kappa shape index (κ3) is 3.53. The molecule has 0 spiro atoms. The van der Waals surface area contributed by atoms with Crippen LogP contribution in [0.15, 0.2) is 18.2 Å². The van der Waals surface area contributed by atoms with E-state index in [4.69, 9.17) is 0 Å². The van der Waals surface area contributed by atoms with Crippen molar-refractivity contribution in [3.8, 4) is 0 Å². The van der Waals surface area contributed by atoms with Crippen LogP contribution in [-0.4, -0.2) is 55.0 Å². The maximum Gasteiger partial charge on any atom is 0.322 e. The molecular weight excluding hydrogens is 322 g/mol. The predicted octanol–water partition coefficient (Wildman–Crippen LogP) is 2.74. The Morgan fingerprint density at radius 1 is 1.38 bits per heavy atom. The summed E-state index contributed by atoms with van der Waals surface area (Å²) >= 11 is 1.85. The standard InChI is InChI=1S/C18H25N3O2S/c1-13-5-6-15(10-16(13)21-9-7-19-18(21)23)17(22)20-8-3-4-14(11-20)12-24-2/h5-6,10,14H,3-4,7-9,11-12H2,1-2H3,(H,19,23). The molecule has 1 N–H and O–H groups in total. The summed E-state index contributed by atoms with van der Waals surface area (Å²) in [5, 5.41) is 2.82. The lowest BCUT2D eigenvalue weighted by Crippen LogP contribution is -2.40. The van der Waals surface area contributed by atoms with Gasteiger partial charge in [-0.2, -0.15) is 11.8 Å². The highest BCUT2D eigenvalue weighted by atomic mass is 32.2. The summed E-state index contributed by atoms with van der Waals surface area (Å²) in [5.74, 6) is 1.78. The molecule has 24 heavy (non-hydrogen) atoms. The Bertz CT molecular complexity index is 633. The van der Waals surface area contributed by atoms with Crippen LogP contribution in [0.25, 0.3) is 0 Å². The van der Waals surface area contributed by atoms with Crippen molar-refractivity contribution in [2.24, 2.45) is 5.92 Å². The first-order valence-electron chi connectivity index (χ1n) is 8.54. The molecule has 0 aliphatic carbocycles. The van der Waals surface area contributed by atoms with Crippen LogP contribution in [0, 0.1) is 12.8 Å². The lowest BCUT2D eigenvalue weighted by Gasteiger charge is -2.32. The van der Waals surface area contributed by atoms with E-state index in [0.717, 1.165) is 36.5 Å². The molecule has 2 saturated heterocycles. The number of hydrogen-bond donors (Lipinski definition) is 1. The van der Waals surface area contributed by atoms with E-state index in [9.17, 15) is 9.59 Å². The molecule has 0 saturated carbocycles. The van der Waals surface area contributed by atoms with E-state index in [-0.39, 0.29) is 11.9 Å². The molecule has 2 fully saturated rings. The van der Waals surface area contributed by atoms with Gasteiger partial charge in [0.05, 0.1) is 0 Å². The first-order chi connectivity index (χ1) is 11.6. The number of aryl methyl sites for hydroxylation is 1. The minimum absolute atomic E-state index is 0.0827. The summed E-state index contributed by atoms with van der Waals surface area (Å²) < 4.78 is 0. The van der Waals surface area contributed by atoms with Crippen LogP contribution in [0.1, 0.15) is 28.8 Å². The highest BCUT2D eigenvalue weighted by molar-refractivity contribution is 7.98. The second-order valence-corrected chi connectivity index (χ2v) is 7.51. The van der Waals surface area contributed by atoms with E-state index in [1.54, 1.807) is 4.90 Å². The molecule has 0 bridgehead atoms. The van der Waals surface area contributed by atoms with Crippen molar-refractivity contribution >= 4 is 29.4 Å². The average molecular weight is 347 g/mol. The molecule has 2 heterocycles. The summed E-state index contributed by atoms with van der Waals surface area (Å²) in [6, 6.07) is 5.62. The topological polar surface area (TPSA) is 52.7 Å². The SMILES string of the molecule is CSCC1CCCN(C(=O)c2ccc(C)c(N3CCNC3=O)c2)C1. The van der Waals surface area contributed by atoms with Gasteiger partial charge in [-0.15, -0.1) is 0 Å². The number of nitrogens with one attached hydrogen (secondary N) is 1. The molecule has 2 aliphatic rings. The number of anilines is 1. The molecule has 0 radical (unpaired) electrons. The number of carbonyl (C=O) groups excluding carboxylic acids is 2. The van der Waals surface area contributed by atoms with Gasteiger partial charge < -0.3 is 10.2 Å². The zero-order valence-electron chi connectivity index (χ0n) is 14.4. The number of rotatable bonds is 4. The molecule has 1 aromatic rings. The molecule has 3 amide bonds. The molecule has 3 rings (SSSR count). The highest BCUT2D eigenvalue weighted by Crippen LogP contribution is 2.26. The fourth-order valence-corrected chi connectivity index (χ4v) is 4.28. The summed E-state index contributed by atoms with van der Waals surface area (Å²) in [5.41, 5.74) is 2.54. The molecule has 0 aromatic heterocycles. The van der Waals surface area contributed by atoms with Gasteiger partial charge in [0.25, 0.3) is 5.91 Å². The van der Waals surface area contributed by atoms with E-state index >= 15 is 0 Å². The minimum Gasteiger partial charge on any atom is -0.338 e. The third-order valence-corrected chi connectivity index (χ3v) is 5.62. The van der Waals surface area contributed by atoms with E-state index in [1.807, 2.05) is 41.8 Å². The smallest absolute Gasteiger partial charge is 0.322 e. The molecular formula is C18H25N3O2S. The highest BCUT2D eigenvalue weighted by Gasteiger charge is 2.27. The molecule has 1 aromatic carbocycles. The number of amides is 3. The van der Waals surface area contributed by atoms with Crippen molar-refractivity contribution in [2.75, 3.05) is 43.1 Å². The van der Waals surface area contributed by atoms with Gasteiger partial charge in [0, 0.05) is 37.4 Å². The molecule has 1 unspecified atom stereocenters. The number of carbonyl (C=O) groups is 2. The number of likely N-dealkylation sites (tertiary alicyclic amines) is 1. The summed E-state index contributed by atoms with van der Waals surface area (Å²) in [7, 11) is 0. The quantitative estimate of drug-likeness (QED) is 0.911. The van der Waals surface area contributed by atoms with Gasteiger partial charge in [-0.1, -0.05) is 6.07 Å². The van der Waals surface area contributed by atoms with Gasteiger partial charge in [-0.05, 0) is 55.4 Å². The first-order valence-corrected chi connectivity index (χ1v) is 9.93. The number of benzene rings is 1. The Morgan fingerprint density at radius 3 is 2.92 bits per heavy atom. The van der Waals surface area contributed by atoms with E-state index in [2.05, 4.69) is 11.6 Å². The van der Waals surface area contributed by atoms with Crippen molar-refractivity contribution < 1.29 is 9.59 Å². The second-order valence-electron chi connectivity index (χ2n) is 6.60. The third-order valence-electron chi connectivity index (χ3n) is 4.81. The van der Waals surface area contributed by atoms with Gasteiger partial charge >= 0.3 is 6.03 Å². The van der Waals surface area contributed by atoms with Gasteiger partial charge in [-0.25, -0.2) is 4.79 Å². The van der Waals surface area contributed by atoms with Crippen LogP contribution in [0.4, 0.5) is 10.5 Å². The van der Waals surface area contributed by atoms with Gasteiger partial charge in [-0.3, -0.25) is 9.69 Å². The van der Waals surface area contributed by atoms with Crippen molar-refractivity contribution in [1.82, 2.24) is 10.2 Å². The van der Waals surface area contributed by atoms with Crippen LogP contribution >= 0.6 is 11.8 Å². The van der Waals surface area contributed by atoms with Crippen LogP contribution in [0.5, 0.6) is 0 Å². The van der Waals surface area contributed by atoms with Crippen molar-refractivity contribution in [3.05, 3.63) is 29.3 Å². The molecule has 5 nitrogen and oxygen atoms in total. The molecule has 130 valence electrons. The number of piperidine rings is 1. The number of urea groups is 1. The van der Waals surface area contributed by atoms with E-state index < -0.39 is 0 Å². The van der Waals surface area contributed by atoms with Crippen molar-refractivity contribution in [3.63, 3.8) is 0 Å². The van der Waals surface area contributed by atoms with Crippen LogP contribution < -0.4 is 10.2 Å². The molecule has 6 heteroatoms. The maximum absolute atomic E-state index is 12.9. The van der Waals surface area contributed by atoms with Gasteiger partial charge in [0.2, 0.25) is 0 Å². The summed E-state index contributed by atoms with van der Waals surface area (Å²) in [6.07, 6.45) is 4.40. The lowest BCUT2D eigenvalue weighted by atomic mass is 9.99. The zero-order valence-corrected chi connectivity index (χ0v) is 15.2. The fraction of sp³-hybridized carbons (Fsp3) is 0.556. The lowest BCUT2D eigenvalue weighted by molar-refractivity contribution is 0.0685. The molecule has 2 aliphatic heterocycles. The summed E-state index contributed by atoms with van der Waals surface area (Å²) in [4.78, 5) is 28.5. The zero-order chi connectivity index (χ0) is 17.1.